The minimum atomic E-state index is -0.423. The van der Waals surface area contributed by atoms with Crippen LogP contribution in [-0.2, 0) is 9.47 Å². The molecule has 1 amide bonds. The summed E-state index contributed by atoms with van der Waals surface area (Å²) in [5.41, 5.74) is 1.59. The lowest BCUT2D eigenvalue weighted by Gasteiger charge is -2.39. The van der Waals surface area contributed by atoms with Gasteiger partial charge < -0.3 is 24.1 Å². The van der Waals surface area contributed by atoms with Crippen LogP contribution in [0.1, 0.15) is 23.4 Å². The van der Waals surface area contributed by atoms with Crippen LogP contribution in [-0.4, -0.2) is 43.0 Å². The van der Waals surface area contributed by atoms with E-state index in [4.69, 9.17) is 13.9 Å². The third kappa shape index (κ3) is 3.42. The topological polar surface area (TPSA) is 76.8 Å². The third-order valence-corrected chi connectivity index (χ3v) is 4.95. The van der Waals surface area contributed by atoms with E-state index in [2.05, 4.69) is 31.1 Å². The van der Waals surface area contributed by atoms with Crippen molar-refractivity contribution in [2.24, 2.45) is 0 Å². The summed E-state index contributed by atoms with van der Waals surface area (Å²) in [6.45, 7) is 2.91. The predicted molar refractivity (Wildman–Crippen MR) is 94.7 cm³/mol. The number of nitrogens with one attached hydrogen (secondary N) is 1. The van der Waals surface area contributed by atoms with Crippen LogP contribution in [0.15, 0.2) is 39.7 Å². The lowest BCUT2D eigenvalue weighted by Crippen LogP contribution is -2.45. The number of rotatable bonds is 3. The molecule has 2 aliphatic rings. The van der Waals surface area contributed by atoms with Gasteiger partial charge in [-0.1, -0.05) is 0 Å². The number of nitrogens with zero attached hydrogens (tertiary/aromatic N) is 2. The van der Waals surface area contributed by atoms with Crippen LogP contribution in [0.4, 0.5) is 11.4 Å². The molecule has 132 valence electrons. The molecule has 0 aromatic carbocycles. The van der Waals surface area contributed by atoms with Gasteiger partial charge in [0, 0.05) is 32.1 Å². The molecule has 8 heteroatoms. The van der Waals surface area contributed by atoms with Crippen LogP contribution in [0.25, 0.3) is 0 Å². The largest absolute Gasteiger partial charge is 0.444 e. The molecule has 0 unspecified atom stereocenters. The SMILES string of the molecule is O=C(Nc1cnccc1N1CCC2(CC1)OCCO2)c1ccc(Br)o1. The van der Waals surface area contributed by atoms with Crippen LogP contribution < -0.4 is 10.2 Å². The molecule has 0 bridgehead atoms. The Kier molecular flexibility index (Phi) is 4.49. The van der Waals surface area contributed by atoms with Gasteiger partial charge in [0.2, 0.25) is 0 Å². The highest BCUT2D eigenvalue weighted by Crippen LogP contribution is 2.35. The number of carbonyl (C=O) groups excluding carboxylic acids is 1. The number of aromatic nitrogens is 1. The zero-order valence-corrected chi connectivity index (χ0v) is 15.1. The lowest BCUT2D eigenvalue weighted by atomic mass is 10.0. The Morgan fingerprint density at radius 3 is 2.64 bits per heavy atom. The van der Waals surface area contributed by atoms with Crippen molar-refractivity contribution in [1.82, 2.24) is 4.98 Å². The number of amides is 1. The van der Waals surface area contributed by atoms with Crippen molar-refractivity contribution in [3.05, 3.63) is 41.0 Å². The first-order valence-electron chi connectivity index (χ1n) is 8.19. The first kappa shape index (κ1) is 16.6. The Labute approximate surface area is 153 Å². The minimum absolute atomic E-state index is 0.243. The fourth-order valence-corrected chi connectivity index (χ4v) is 3.56. The summed E-state index contributed by atoms with van der Waals surface area (Å²) in [4.78, 5) is 18.7. The maximum Gasteiger partial charge on any atom is 0.291 e. The summed E-state index contributed by atoms with van der Waals surface area (Å²) < 4.78 is 17.4. The van der Waals surface area contributed by atoms with Crippen molar-refractivity contribution in [3.8, 4) is 0 Å². The number of hydrogen-bond acceptors (Lipinski definition) is 6. The Morgan fingerprint density at radius 2 is 1.96 bits per heavy atom. The van der Waals surface area contributed by atoms with E-state index in [9.17, 15) is 4.79 Å². The molecule has 4 heterocycles. The fraction of sp³-hybridized carbons (Fsp3) is 0.412. The summed E-state index contributed by atoms with van der Waals surface area (Å²) in [6, 6.07) is 5.21. The zero-order valence-electron chi connectivity index (χ0n) is 13.5. The fourth-order valence-electron chi connectivity index (χ4n) is 3.25. The van der Waals surface area contributed by atoms with Gasteiger partial charge in [0.1, 0.15) is 0 Å². The second-order valence-corrected chi connectivity index (χ2v) is 6.83. The van der Waals surface area contributed by atoms with Crippen molar-refractivity contribution in [1.29, 1.82) is 0 Å². The second-order valence-electron chi connectivity index (χ2n) is 6.05. The molecule has 0 atom stereocenters. The summed E-state index contributed by atoms with van der Waals surface area (Å²) in [5.74, 6) is -0.490. The molecule has 2 saturated heterocycles. The van der Waals surface area contributed by atoms with E-state index in [1.165, 1.54) is 0 Å². The maximum absolute atomic E-state index is 12.4. The number of ether oxygens (including phenoxy) is 2. The highest BCUT2D eigenvalue weighted by molar-refractivity contribution is 9.10. The molecule has 2 aromatic rings. The van der Waals surface area contributed by atoms with Crippen LogP contribution in [0.3, 0.4) is 0 Å². The van der Waals surface area contributed by atoms with E-state index >= 15 is 0 Å². The standard InChI is InChI=1S/C17H18BrN3O4/c18-15-2-1-14(25-15)16(22)20-12-11-19-6-3-13(12)21-7-4-17(5-8-21)23-9-10-24-17/h1-3,6,11H,4-5,7-10H2,(H,20,22). The van der Waals surface area contributed by atoms with Gasteiger partial charge >= 0.3 is 0 Å². The molecule has 0 aliphatic carbocycles. The quantitative estimate of drug-likeness (QED) is 0.842. The molecule has 4 rings (SSSR count). The van der Waals surface area contributed by atoms with E-state index in [1.54, 1.807) is 24.5 Å². The molecule has 1 N–H and O–H groups in total. The molecule has 0 saturated carbocycles. The maximum atomic E-state index is 12.4. The highest BCUT2D eigenvalue weighted by Gasteiger charge is 2.40. The average molecular weight is 408 g/mol. The van der Waals surface area contributed by atoms with Gasteiger partial charge in [-0.2, -0.15) is 0 Å². The monoisotopic (exact) mass is 407 g/mol. The highest BCUT2D eigenvalue weighted by atomic mass is 79.9. The number of furan rings is 1. The van der Waals surface area contributed by atoms with Gasteiger partial charge in [-0.3, -0.25) is 9.78 Å². The van der Waals surface area contributed by atoms with E-state index in [1.807, 2.05) is 6.07 Å². The van der Waals surface area contributed by atoms with Gasteiger partial charge in [0.25, 0.3) is 5.91 Å². The molecular formula is C17H18BrN3O4. The van der Waals surface area contributed by atoms with Crippen LogP contribution in [0, 0.1) is 0 Å². The number of halogens is 1. The number of pyridine rings is 1. The Bertz CT molecular complexity index is 763. The summed E-state index contributed by atoms with van der Waals surface area (Å²) >= 11 is 3.20. The molecular weight excluding hydrogens is 390 g/mol. The van der Waals surface area contributed by atoms with Crippen molar-refractivity contribution in [2.45, 2.75) is 18.6 Å². The Balaban J connectivity index is 1.48. The molecule has 0 radical (unpaired) electrons. The predicted octanol–water partition coefficient (Wildman–Crippen LogP) is 3.03. The summed E-state index contributed by atoms with van der Waals surface area (Å²) in [5, 5.41) is 2.88. The minimum Gasteiger partial charge on any atom is -0.444 e. The summed E-state index contributed by atoms with van der Waals surface area (Å²) in [7, 11) is 0. The molecule has 7 nitrogen and oxygen atoms in total. The van der Waals surface area contributed by atoms with E-state index < -0.39 is 5.79 Å². The van der Waals surface area contributed by atoms with Crippen molar-refractivity contribution in [3.63, 3.8) is 0 Å². The van der Waals surface area contributed by atoms with Crippen molar-refractivity contribution >= 4 is 33.2 Å². The van der Waals surface area contributed by atoms with E-state index in [-0.39, 0.29) is 11.7 Å². The van der Waals surface area contributed by atoms with Crippen LogP contribution in [0.5, 0.6) is 0 Å². The normalized spacial score (nSPS) is 19.3. The molecule has 2 aromatic heterocycles. The van der Waals surface area contributed by atoms with Gasteiger partial charge in [-0.05, 0) is 34.1 Å². The van der Waals surface area contributed by atoms with Crippen molar-refractivity contribution in [2.75, 3.05) is 36.5 Å². The molecule has 2 fully saturated rings. The van der Waals surface area contributed by atoms with Crippen LogP contribution >= 0.6 is 15.9 Å². The molecule has 2 aliphatic heterocycles. The van der Waals surface area contributed by atoms with Crippen molar-refractivity contribution < 1.29 is 18.7 Å². The first-order chi connectivity index (χ1) is 12.2. The van der Waals surface area contributed by atoms with Gasteiger partial charge in [-0.25, -0.2) is 0 Å². The number of carbonyl (C=O) groups is 1. The number of anilines is 2. The van der Waals surface area contributed by atoms with E-state index in [0.717, 1.165) is 31.6 Å². The van der Waals surface area contributed by atoms with Gasteiger partial charge in [-0.15, -0.1) is 0 Å². The lowest BCUT2D eigenvalue weighted by molar-refractivity contribution is -0.169. The number of piperidine rings is 1. The van der Waals surface area contributed by atoms with Gasteiger partial charge in [0.15, 0.2) is 16.2 Å². The smallest absolute Gasteiger partial charge is 0.291 e. The second kappa shape index (κ2) is 6.78. The van der Waals surface area contributed by atoms with E-state index in [0.29, 0.717) is 23.6 Å². The first-order valence-corrected chi connectivity index (χ1v) is 8.98. The number of hydrogen-bond donors (Lipinski definition) is 1. The Hall–Kier alpha value is -1.90. The average Bonchev–Trinajstić information content (AvgIpc) is 3.26. The molecule has 1 spiro atoms. The Morgan fingerprint density at radius 1 is 1.20 bits per heavy atom. The van der Waals surface area contributed by atoms with Gasteiger partial charge in [0.05, 0.1) is 30.8 Å². The summed E-state index contributed by atoms with van der Waals surface area (Å²) in [6.07, 6.45) is 4.97. The van der Waals surface area contributed by atoms with Crippen LogP contribution in [0.2, 0.25) is 0 Å². The zero-order chi connectivity index (χ0) is 17.3. The molecule has 25 heavy (non-hydrogen) atoms. The third-order valence-electron chi connectivity index (χ3n) is 4.52.